The molecule has 1 aliphatic rings. The van der Waals surface area contributed by atoms with Crippen LogP contribution in [0.15, 0.2) is 11.8 Å². The second kappa shape index (κ2) is 20.7. The van der Waals surface area contributed by atoms with Gasteiger partial charge in [-0.3, -0.25) is 34.1 Å². The quantitative estimate of drug-likeness (QED) is 0.0397. The molecule has 3 unspecified atom stereocenters. The smallest absolute Gasteiger partial charge is 0.247 e. The van der Waals surface area contributed by atoms with Crippen LogP contribution >= 0.6 is 0 Å². The molecule has 0 spiro atoms. The van der Waals surface area contributed by atoms with Gasteiger partial charge in [-0.25, -0.2) is 0 Å². The first kappa shape index (κ1) is 36.9. The van der Waals surface area contributed by atoms with Gasteiger partial charge in [-0.1, -0.05) is 40.7 Å². The fraction of sp³-hybridized carbons (Fsp3) is 0.724. The van der Waals surface area contributed by atoms with Crippen molar-refractivity contribution in [1.29, 1.82) is 0 Å². The Kier molecular flexibility index (Phi) is 18.1. The molecule has 0 aliphatic carbocycles. The Bertz CT molecular complexity index is 939. The minimum absolute atomic E-state index is 0.00458. The summed E-state index contributed by atoms with van der Waals surface area (Å²) < 4.78 is 0. The van der Waals surface area contributed by atoms with E-state index >= 15 is 0 Å². The largest absolute Gasteiger partial charge is 0.376 e. The molecule has 0 saturated carbocycles. The lowest BCUT2D eigenvalue weighted by Crippen LogP contribution is -2.56. The van der Waals surface area contributed by atoms with Crippen LogP contribution in [0.5, 0.6) is 0 Å². The molecule has 1 heterocycles. The first-order chi connectivity index (χ1) is 20.1. The second-order valence-electron chi connectivity index (χ2n) is 10.5. The predicted molar refractivity (Wildman–Crippen MR) is 157 cm³/mol. The van der Waals surface area contributed by atoms with E-state index in [2.05, 4.69) is 26.7 Å². The number of allylic oxidation sites excluding steroid dienone is 1. The monoisotopic (exact) mass is 594 g/mol. The lowest BCUT2D eigenvalue weighted by molar-refractivity contribution is -0.158. The summed E-state index contributed by atoms with van der Waals surface area (Å²) in [6, 6.07) is -0.837. The van der Waals surface area contributed by atoms with Gasteiger partial charge in [0.25, 0.3) is 0 Å². The van der Waals surface area contributed by atoms with E-state index in [4.69, 9.17) is 4.84 Å². The highest BCUT2D eigenvalue weighted by Gasteiger charge is 2.37. The van der Waals surface area contributed by atoms with Gasteiger partial charge in [-0.05, 0) is 44.6 Å². The van der Waals surface area contributed by atoms with E-state index in [0.29, 0.717) is 64.3 Å². The molecule has 0 aromatic heterocycles. The van der Waals surface area contributed by atoms with Gasteiger partial charge >= 0.3 is 0 Å². The molecule has 238 valence electrons. The molecule has 1 rings (SSSR count). The van der Waals surface area contributed by atoms with Crippen LogP contribution in [-0.4, -0.2) is 85.1 Å². The number of aldehydes is 1. The molecule has 13 nitrogen and oxygen atoms in total. The molecule has 0 aromatic rings. The Balaban J connectivity index is 2.73. The zero-order valence-electron chi connectivity index (χ0n) is 25.8. The van der Waals surface area contributed by atoms with Gasteiger partial charge < -0.3 is 25.6 Å². The van der Waals surface area contributed by atoms with Gasteiger partial charge in [0.2, 0.25) is 23.5 Å². The number of hydrogen-bond acceptors (Lipinski definition) is 10. The lowest BCUT2D eigenvalue weighted by atomic mass is 10.0. The molecule has 3 atom stereocenters. The number of rotatable bonds is 22. The molecular formula is C29H50N6O7. The van der Waals surface area contributed by atoms with Gasteiger partial charge in [0.15, 0.2) is 6.23 Å². The Hall–Kier alpha value is -3.16. The maximum atomic E-state index is 13.5. The maximum Gasteiger partial charge on any atom is 0.247 e. The summed E-state index contributed by atoms with van der Waals surface area (Å²) in [5, 5.41) is 11.1. The molecule has 5 N–H and O–H groups in total. The highest BCUT2D eigenvalue weighted by molar-refractivity contribution is 5.98. The van der Waals surface area contributed by atoms with E-state index in [9.17, 15) is 28.8 Å². The van der Waals surface area contributed by atoms with Gasteiger partial charge in [0.05, 0.1) is 18.8 Å². The van der Waals surface area contributed by atoms with E-state index in [1.807, 2.05) is 27.7 Å². The number of carbonyl (C=O) groups is 6. The van der Waals surface area contributed by atoms with Crippen LogP contribution in [0.2, 0.25) is 0 Å². The summed E-state index contributed by atoms with van der Waals surface area (Å²) in [7, 11) is 0. The minimum atomic E-state index is -0.916. The number of hydrogen-bond donors (Lipinski definition) is 5. The van der Waals surface area contributed by atoms with Crippen molar-refractivity contribution in [2.45, 2.75) is 104 Å². The SMILES string of the molecule is CC/C=C(/NCC=O)C(=O)C(NCC)NOC1CCCN1C(=O)C(NC(=O)CNC(=O)CCCCC(=O)CC)C(C)C. The number of ketones is 2. The van der Waals surface area contributed by atoms with Crippen LogP contribution in [0.4, 0.5) is 0 Å². The van der Waals surface area contributed by atoms with Crippen molar-refractivity contribution < 1.29 is 33.6 Å². The number of likely N-dealkylation sites (tertiary alicyclic amines) is 1. The van der Waals surface area contributed by atoms with Crippen molar-refractivity contribution in [3.05, 3.63) is 11.8 Å². The first-order valence-corrected chi connectivity index (χ1v) is 15.0. The number of Topliss-reactive ketones (excluding diaryl/α,β-unsaturated/α-hetero) is 2. The molecular weight excluding hydrogens is 544 g/mol. The third-order valence-electron chi connectivity index (χ3n) is 6.72. The molecule has 13 heteroatoms. The average molecular weight is 595 g/mol. The standard InChI is InChI=1S/C29H50N6O7/c1-6-12-22(31-16-18-36)27(40)28(30-8-3)34-42-25-15-11-17-35(25)29(41)26(20(4)5)33-24(39)19-32-23(38)14-10-9-13-21(37)7-2/h12,18,20,25-26,28,30-31,34H,6-11,13-17,19H2,1-5H3,(H,32,38)(H,33,39)/b22-12+. The van der Waals surface area contributed by atoms with Crippen molar-refractivity contribution in [1.82, 2.24) is 31.6 Å². The summed E-state index contributed by atoms with van der Waals surface area (Å²) in [4.78, 5) is 80.8. The van der Waals surface area contributed by atoms with Crippen molar-refractivity contribution in [2.24, 2.45) is 5.92 Å². The summed E-state index contributed by atoms with van der Waals surface area (Å²) in [6.07, 6.45) is 4.92. The third kappa shape index (κ3) is 13.2. The molecule has 1 aliphatic heterocycles. The van der Waals surface area contributed by atoms with Crippen LogP contribution in [-0.2, 0) is 33.6 Å². The van der Waals surface area contributed by atoms with E-state index in [1.54, 1.807) is 13.0 Å². The van der Waals surface area contributed by atoms with Crippen LogP contribution in [0.3, 0.4) is 0 Å². The summed E-state index contributed by atoms with van der Waals surface area (Å²) in [5.74, 6) is -1.50. The Morgan fingerprint density at radius 1 is 1.00 bits per heavy atom. The van der Waals surface area contributed by atoms with E-state index in [0.717, 1.165) is 0 Å². The van der Waals surface area contributed by atoms with E-state index < -0.39 is 24.3 Å². The van der Waals surface area contributed by atoms with Crippen molar-refractivity contribution in [3.8, 4) is 0 Å². The first-order valence-electron chi connectivity index (χ1n) is 15.0. The van der Waals surface area contributed by atoms with Crippen molar-refractivity contribution in [3.63, 3.8) is 0 Å². The summed E-state index contributed by atoms with van der Waals surface area (Å²) in [6.45, 7) is 9.77. The molecule has 0 aromatic carbocycles. The number of nitrogens with one attached hydrogen (secondary N) is 5. The van der Waals surface area contributed by atoms with Crippen LogP contribution in [0.25, 0.3) is 0 Å². The normalized spacial score (nSPS) is 16.6. The number of amides is 3. The van der Waals surface area contributed by atoms with E-state index in [-0.39, 0.29) is 54.5 Å². The molecule has 42 heavy (non-hydrogen) atoms. The number of nitrogens with zero attached hydrogens (tertiary/aromatic N) is 1. The third-order valence-corrected chi connectivity index (χ3v) is 6.72. The molecule has 1 fully saturated rings. The number of carbonyl (C=O) groups excluding carboxylic acids is 6. The van der Waals surface area contributed by atoms with E-state index in [1.165, 1.54) is 4.90 Å². The minimum Gasteiger partial charge on any atom is -0.376 e. The summed E-state index contributed by atoms with van der Waals surface area (Å²) >= 11 is 0. The van der Waals surface area contributed by atoms with Gasteiger partial charge in [0, 0.05) is 25.8 Å². The molecule has 1 saturated heterocycles. The maximum absolute atomic E-state index is 13.5. The lowest BCUT2D eigenvalue weighted by Gasteiger charge is -2.31. The number of unbranched alkanes of at least 4 members (excludes halogenated alkanes) is 1. The fourth-order valence-electron chi connectivity index (χ4n) is 4.39. The average Bonchev–Trinajstić information content (AvgIpc) is 3.44. The fourth-order valence-corrected chi connectivity index (χ4v) is 4.39. The van der Waals surface area contributed by atoms with Gasteiger partial charge in [0.1, 0.15) is 24.3 Å². The predicted octanol–water partition coefficient (Wildman–Crippen LogP) is 0.840. The Labute approximate surface area is 249 Å². The zero-order valence-corrected chi connectivity index (χ0v) is 25.8. The molecule has 0 radical (unpaired) electrons. The highest BCUT2D eigenvalue weighted by atomic mass is 16.7. The molecule has 0 bridgehead atoms. The van der Waals surface area contributed by atoms with Crippen LogP contribution in [0.1, 0.15) is 86.0 Å². The van der Waals surface area contributed by atoms with Crippen LogP contribution < -0.4 is 26.7 Å². The summed E-state index contributed by atoms with van der Waals surface area (Å²) in [5.41, 5.74) is 3.04. The van der Waals surface area contributed by atoms with Gasteiger partial charge in [-0.15, -0.1) is 0 Å². The Morgan fingerprint density at radius 3 is 2.33 bits per heavy atom. The van der Waals surface area contributed by atoms with Crippen LogP contribution in [0, 0.1) is 5.92 Å². The van der Waals surface area contributed by atoms with Crippen molar-refractivity contribution in [2.75, 3.05) is 26.2 Å². The second-order valence-corrected chi connectivity index (χ2v) is 10.5. The number of hydroxylamine groups is 1. The molecule has 3 amide bonds. The highest BCUT2D eigenvalue weighted by Crippen LogP contribution is 2.20. The topological polar surface area (TPSA) is 175 Å². The zero-order chi connectivity index (χ0) is 31.5. The Morgan fingerprint density at radius 2 is 1.71 bits per heavy atom. The van der Waals surface area contributed by atoms with Crippen molar-refractivity contribution >= 4 is 35.6 Å². The number of likely N-dealkylation sites (N-methyl/N-ethyl adjacent to an activating group) is 1. The van der Waals surface area contributed by atoms with Gasteiger partial charge in [-0.2, -0.15) is 5.48 Å².